The molecule has 2 aliphatic heterocycles. The molecule has 2 aliphatic rings. The zero-order chi connectivity index (χ0) is 17.6. The molecule has 3 rings (SSSR count). The van der Waals surface area contributed by atoms with E-state index in [0.717, 1.165) is 56.2 Å². The summed E-state index contributed by atoms with van der Waals surface area (Å²) >= 11 is 0. The smallest absolute Gasteiger partial charge is 0.222 e. The maximum Gasteiger partial charge on any atom is 0.222 e. The van der Waals surface area contributed by atoms with Gasteiger partial charge in [0.25, 0.3) is 0 Å². The Hall–Kier alpha value is -1.69. The molecule has 6 heteroatoms. The van der Waals surface area contributed by atoms with Crippen LogP contribution in [0.3, 0.4) is 0 Å². The molecule has 1 amide bonds. The summed E-state index contributed by atoms with van der Waals surface area (Å²) in [4.78, 5) is 28.0. The first-order valence-corrected chi connectivity index (χ1v) is 9.68. The lowest BCUT2D eigenvalue weighted by Gasteiger charge is -2.36. The molecule has 0 radical (unpaired) electrons. The number of amides is 1. The van der Waals surface area contributed by atoms with Crippen molar-refractivity contribution in [2.75, 3.05) is 50.7 Å². The standard InChI is InChI=1S/C19H31N5O/c1-16-17(2)20-15-21-19(16)24-13-11-23(12-14-24)18(25)7-6-10-22-8-4-3-5-9-22/h15H,3-14H2,1-2H3. The first-order chi connectivity index (χ1) is 12.1. The molecule has 25 heavy (non-hydrogen) atoms. The number of carbonyl (C=O) groups excluding carboxylic acids is 1. The molecule has 2 saturated heterocycles. The summed E-state index contributed by atoms with van der Waals surface area (Å²) < 4.78 is 0. The molecule has 0 unspecified atom stereocenters. The second-order valence-corrected chi connectivity index (χ2v) is 7.28. The van der Waals surface area contributed by atoms with E-state index >= 15 is 0 Å². The Kier molecular flexibility index (Phi) is 6.24. The number of rotatable bonds is 5. The lowest BCUT2D eigenvalue weighted by Crippen LogP contribution is -2.49. The molecule has 6 nitrogen and oxygen atoms in total. The van der Waals surface area contributed by atoms with Crippen LogP contribution in [0.5, 0.6) is 0 Å². The third-order valence-corrected chi connectivity index (χ3v) is 5.56. The van der Waals surface area contributed by atoms with Crippen LogP contribution in [0.15, 0.2) is 6.33 Å². The Morgan fingerprint density at radius 3 is 2.44 bits per heavy atom. The van der Waals surface area contributed by atoms with Crippen LogP contribution in [0.1, 0.15) is 43.4 Å². The molecule has 2 fully saturated rings. The number of aryl methyl sites for hydroxylation is 1. The van der Waals surface area contributed by atoms with Crippen LogP contribution in [0.4, 0.5) is 5.82 Å². The van der Waals surface area contributed by atoms with Crippen molar-refractivity contribution in [1.29, 1.82) is 0 Å². The van der Waals surface area contributed by atoms with Crippen LogP contribution in [0.2, 0.25) is 0 Å². The number of piperidine rings is 1. The highest BCUT2D eigenvalue weighted by atomic mass is 16.2. The van der Waals surface area contributed by atoms with Crippen molar-refractivity contribution < 1.29 is 4.79 Å². The van der Waals surface area contributed by atoms with E-state index in [1.54, 1.807) is 6.33 Å². The molecule has 1 aromatic heterocycles. The van der Waals surface area contributed by atoms with Crippen molar-refractivity contribution >= 4 is 11.7 Å². The molecule has 1 aromatic rings. The van der Waals surface area contributed by atoms with Gasteiger partial charge in [0.2, 0.25) is 5.91 Å². The molecule has 0 aliphatic carbocycles. The summed E-state index contributed by atoms with van der Waals surface area (Å²) in [6.45, 7) is 10.9. The number of carbonyl (C=O) groups is 1. The minimum atomic E-state index is 0.312. The van der Waals surface area contributed by atoms with Crippen LogP contribution >= 0.6 is 0 Å². The van der Waals surface area contributed by atoms with Gasteiger partial charge in [0.1, 0.15) is 12.1 Å². The van der Waals surface area contributed by atoms with Gasteiger partial charge in [-0.15, -0.1) is 0 Å². The van der Waals surface area contributed by atoms with E-state index in [9.17, 15) is 4.79 Å². The molecule has 0 N–H and O–H groups in total. The Balaban J connectivity index is 1.42. The van der Waals surface area contributed by atoms with E-state index in [4.69, 9.17) is 0 Å². The van der Waals surface area contributed by atoms with Crippen LogP contribution in [-0.2, 0) is 4.79 Å². The van der Waals surface area contributed by atoms with Crippen molar-refractivity contribution in [3.05, 3.63) is 17.6 Å². The largest absolute Gasteiger partial charge is 0.353 e. The molecule has 0 aromatic carbocycles. The van der Waals surface area contributed by atoms with Crippen LogP contribution in [0, 0.1) is 13.8 Å². The lowest BCUT2D eigenvalue weighted by molar-refractivity contribution is -0.131. The van der Waals surface area contributed by atoms with E-state index in [2.05, 4.69) is 26.7 Å². The number of likely N-dealkylation sites (tertiary alicyclic amines) is 1. The van der Waals surface area contributed by atoms with Crippen molar-refractivity contribution in [1.82, 2.24) is 19.8 Å². The van der Waals surface area contributed by atoms with Gasteiger partial charge in [-0.25, -0.2) is 9.97 Å². The zero-order valence-electron chi connectivity index (χ0n) is 15.7. The average molecular weight is 345 g/mol. The van der Waals surface area contributed by atoms with Crippen molar-refractivity contribution in [2.45, 2.75) is 46.0 Å². The predicted molar refractivity (Wildman–Crippen MR) is 99.8 cm³/mol. The molecule has 0 spiro atoms. The van der Waals surface area contributed by atoms with Gasteiger partial charge in [0, 0.05) is 43.9 Å². The SMILES string of the molecule is Cc1ncnc(N2CCN(C(=O)CCCN3CCCCC3)CC2)c1C. The minimum Gasteiger partial charge on any atom is -0.353 e. The maximum atomic E-state index is 12.5. The van der Waals surface area contributed by atoms with E-state index in [1.165, 1.54) is 32.4 Å². The van der Waals surface area contributed by atoms with E-state index in [1.807, 2.05) is 11.8 Å². The third-order valence-electron chi connectivity index (χ3n) is 5.56. The number of hydrogen-bond acceptors (Lipinski definition) is 5. The van der Waals surface area contributed by atoms with Gasteiger partial charge >= 0.3 is 0 Å². The number of nitrogens with zero attached hydrogens (tertiary/aromatic N) is 5. The molecular weight excluding hydrogens is 314 g/mol. The highest BCUT2D eigenvalue weighted by Gasteiger charge is 2.23. The van der Waals surface area contributed by atoms with Gasteiger partial charge in [0.15, 0.2) is 0 Å². The summed E-state index contributed by atoms with van der Waals surface area (Å²) in [6, 6.07) is 0. The van der Waals surface area contributed by atoms with E-state index in [0.29, 0.717) is 12.3 Å². The first-order valence-electron chi connectivity index (χ1n) is 9.68. The Morgan fingerprint density at radius 1 is 1.00 bits per heavy atom. The second-order valence-electron chi connectivity index (χ2n) is 7.28. The fourth-order valence-electron chi connectivity index (χ4n) is 3.81. The highest BCUT2D eigenvalue weighted by Crippen LogP contribution is 2.20. The van der Waals surface area contributed by atoms with E-state index in [-0.39, 0.29) is 0 Å². The van der Waals surface area contributed by atoms with Gasteiger partial charge in [-0.05, 0) is 52.7 Å². The van der Waals surface area contributed by atoms with Gasteiger partial charge in [-0.3, -0.25) is 4.79 Å². The molecule has 3 heterocycles. The highest BCUT2D eigenvalue weighted by molar-refractivity contribution is 5.76. The fraction of sp³-hybridized carbons (Fsp3) is 0.737. The number of aromatic nitrogens is 2. The summed E-state index contributed by atoms with van der Waals surface area (Å²) in [7, 11) is 0. The van der Waals surface area contributed by atoms with Crippen LogP contribution < -0.4 is 4.90 Å². The Labute approximate surface area is 151 Å². The number of hydrogen-bond donors (Lipinski definition) is 0. The first kappa shape index (κ1) is 18.1. The van der Waals surface area contributed by atoms with Crippen molar-refractivity contribution in [3.63, 3.8) is 0 Å². The minimum absolute atomic E-state index is 0.312. The summed E-state index contributed by atoms with van der Waals surface area (Å²) in [5, 5.41) is 0. The van der Waals surface area contributed by atoms with Gasteiger partial charge < -0.3 is 14.7 Å². The summed E-state index contributed by atoms with van der Waals surface area (Å²) in [6.07, 6.45) is 7.31. The molecular formula is C19H31N5O. The Morgan fingerprint density at radius 2 is 1.72 bits per heavy atom. The maximum absolute atomic E-state index is 12.5. The monoisotopic (exact) mass is 345 g/mol. The van der Waals surface area contributed by atoms with Gasteiger partial charge in [-0.2, -0.15) is 0 Å². The molecule has 0 atom stereocenters. The number of piperazine rings is 1. The van der Waals surface area contributed by atoms with Crippen molar-refractivity contribution in [3.8, 4) is 0 Å². The van der Waals surface area contributed by atoms with Gasteiger partial charge in [-0.1, -0.05) is 6.42 Å². The third kappa shape index (κ3) is 4.69. The number of anilines is 1. The van der Waals surface area contributed by atoms with E-state index < -0.39 is 0 Å². The van der Waals surface area contributed by atoms with Crippen LogP contribution in [0.25, 0.3) is 0 Å². The molecule has 138 valence electrons. The molecule has 0 saturated carbocycles. The normalized spacial score (nSPS) is 19.3. The summed E-state index contributed by atoms with van der Waals surface area (Å²) in [5.74, 6) is 1.33. The zero-order valence-corrected chi connectivity index (χ0v) is 15.7. The molecule has 0 bridgehead atoms. The quantitative estimate of drug-likeness (QED) is 0.817. The second kappa shape index (κ2) is 8.61. The predicted octanol–water partition coefficient (Wildman–Crippen LogP) is 2.01. The topological polar surface area (TPSA) is 52.6 Å². The van der Waals surface area contributed by atoms with Crippen LogP contribution in [-0.4, -0.2) is 71.5 Å². The van der Waals surface area contributed by atoms with Crippen molar-refractivity contribution in [2.24, 2.45) is 0 Å². The fourth-order valence-corrected chi connectivity index (χ4v) is 3.81. The average Bonchev–Trinajstić information content (AvgIpc) is 2.65. The Bertz CT molecular complexity index is 577. The lowest BCUT2D eigenvalue weighted by atomic mass is 10.1. The van der Waals surface area contributed by atoms with Gasteiger partial charge in [0.05, 0.1) is 0 Å². The summed E-state index contributed by atoms with van der Waals surface area (Å²) in [5.41, 5.74) is 2.17.